The van der Waals surface area contributed by atoms with Crippen molar-refractivity contribution in [2.24, 2.45) is 0 Å². The van der Waals surface area contributed by atoms with E-state index in [0.29, 0.717) is 17.2 Å². The number of carbonyl (C=O) groups is 2. The van der Waals surface area contributed by atoms with Crippen LogP contribution in [0.3, 0.4) is 0 Å². The average molecular weight is 558 g/mol. The van der Waals surface area contributed by atoms with Crippen LogP contribution >= 0.6 is 11.3 Å². The van der Waals surface area contributed by atoms with E-state index in [-0.39, 0.29) is 41.5 Å². The van der Waals surface area contributed by atoms with Crippen molar-refractivity contribution >= 4 is 28.9 Å². The van der Waals surface area contributed by atoms with Gasteiger partial charge in [0, 0.05) is 29.9 Å². The van der Waals surface area contributed by atoms with E-state index >= 15 is 0 Å². The van der Waals surface area contributed by atoms with Gasteiger partial charge in [0.2, 0.25) is 5.95 Å². The van der Waals surface area contributed by atoms with Crippen LogP contribution in [-0.2, 0) is 16.1 Å². The van der Waals surface area contributed by atoms with Crippen LogP contribution in [0.25, 0.3) is 22.0 Å². The van der Waals surface area contributed by atoms with E-state index in [1.807, 2.05) is 6.92 Å². The molecule has 0 radical (unpaired) electrons. The molecule has 0 bridgehead atoms. The fraction of sp³-hybridized carbons (Fsp3) is 0.360. The summed E-state index contributed by atoms with van der Waals surface area (Å²) in [5.74, 6) is -3.26. The second-order valence-electron chi connectivity index (χ2n) is 9.03. The molecule has 39 heavy (non-hydrogen) atoms. The maximum Gasteiger partial charge on any atom is 0.325 e. The Morgan fingerprint density at radius 1 is 1.15 bits per heavy atom. The molecule has 204 valence electrons. The number of ether oxygens (including phenoxy) is 1. The van der Waals surface area contributed by atoms with Crippen molar-refractivity contribution < 1.29 is 28.2 Å². The number of nitrogens with zero attached hydrogens (tertiary/aromatic N) is 6. The zero-order chi connectivity index (χ0) is 27.5. The van der Waals surface area contributed by atoms with Crippen LogP contribution in [0.1, 0.15) is 49.1 Å². The minimum Gasteiger partial charge on any atom is -0.480 e. The number of thiazole rings is 1. The number of hydrogen-bond donors (Lipinski definition) is 2. The highest BCUT2D eigenvalue weighted by Gasteiger charge is 2.27. The minimum atomic E-state index is -1.04. The van der Waals surface area contributed by atoms with Crippen LogP contribution in [0.5, 0.6) is 0 Å². The fourth-order valence-electron chi connectivity index (χ4n) is 4.54. The van der Waals surface area contributed by atoms with Gasteiger partial charge in [0.05, 0.1) is 24.0 Å². The molecule has 0 atom stereocenters. The van der Waals surface area contributed by atoms with Gasteiger partial charge in [-0.15, -0.1) is 11.3 Å². The molecule has 11 nitrogen and oxygen atoms in total. The van der Waals surface area contributed by atoms with Gasteiger partial charge in [-0.3, -0.25) is 19.0 Å². The Balaban J connectivity index is 1.40. The number of nitrogens with one attached hydrogen (secondary N) is 1. The average Bonchev–Trinajstić information content (AvgIpc) is 3.66. The molecule has 1 fully saturated rings. The summed E-state index contributed by atoms with van der Waals surface area (Å²) in [6, 6.07) is 1.88. The van der Waals surface area contributed by atoms with Crippen LogP contribution in [0.15, 0.2) is 36.1 Å². The Hall–Kier alpha value is -4.04. The van der Waals surface area contributed by atoms with Crippen LogP contribution < -0.4 is 5.32 Å². The topological polar surface area (TPSA) is 137 Å². The molecule has 1 aliphatic rings. The largest absolute Gasteiger partial charge is 0.480 e. The van der Waals surface area contributed by atoms with E-state index in [2.05, 4.69) is 25.5 Å². The Morgan fingerprint density at radius 2 is 1.95 bits per heavy atom. The number of anilines is 1. The third kappa shape index (κ3) is 6.01. The molecule has 4 heterocycles. The molecule has 5 rings (SSSR count). The molecule has 1 aliphatic carbocycles. The van der Waals surface area contributed by atoms with Crippen molar-refractivity contribution in [3.63, 3.8) is 0 Å². The zero-order valence-electron chi connectivity index (χ0n) is 20.9. The van der Waals surface area contributed by atoms with Crippen LogP contribution in [-0.4, -0.2) is 59.2 Å². The normalized spacial score (nSPS) is 17.3. The lowest BCUT2D eigenvalue weighted by molar-refractivity contribution is -0.137. The fourth-order valence-corrected chi connectivity index (χ4v) is 5.31. The quantitative estimate of drug-likeness (QED) is 0.289. The first-order valence-electron chi connectivity index (χ1n) is 12.4. The zero-order valence-corrected chi connectivity index (χ0v) is 21.7. The van der Waals surface area contributed by atoms with Crippen LogP contribution in [0.2, 0.25) is 0 Å². The summed E-state index contributed by atoms with van der Waals surface area (Å²) < 4.78 is 37.3. The summed E-state index contributed by atoms with van der Waals surface area (Å²) in [5.41, 5.74) is 0.523. The summed E-state index contributed by atoms with van der Waals surface area (Å²) >= 11 is 1.18. The van der Waals surface area contributed by atoms with Crippen molar-refractivity contribution in [2.75, 3.05) is 11.9 Å². The van der Waals surface area contributed by atoms with Gasteiger partial charge in [-0.25, -0.2) is 14.4 Å². The van der Waals surface area contributed by atoms with E-state index in [4.69, 9.17) is 9.84 Å². The molecule has 0 aliphatic heterocycles. The van der Waals surface area contributed by atoms with Gasteiger partial charge in [0.15, 0.2) is 5.82 Å². The van der Waals surface area contributed by atoms with Crippen molar-refractivity contribution in [1.82, 2.24) is 29.5 Å². The van der Waals surface area contributed by atoms with E-state index in [1.54, 1.807) is 16.3 Å². The first kappa shape index (κ1) is 26.6. The van der Waals surface area contributed by atoms with Crippen molar-refractivity contribution in [2.45, 2.75) is 51.3 Å². The number of carbonyl (C=O) groups excluding carboxylic acids is 1. The molecule has 0 aromatic carbocycles. The number of pyridine rings is 1. The van der Waals surface area contributed by atoms with Gasteiger partial charge < -0.3 is 15.2 Å². The maximum absolute atomic E-state index is 14.7. The van der Waals surface area contributed by atoms with E-state index in [9.17, 15) is 18.4 Å². The SMILES string of the molecule is CCOC1CCC(n2cc(NC(=O)c3csc(-c4cnn(CC(=O)O)c4)n3)c(-c3nc(F)ccc3F)n2)CC1. The molecule has 14 heteroatoms. The summed E-state index contributed by atoms with van der Waals surface area (Å²) in [4.78, 5) is 32.1. The number of aromatic nitrogens is 6. The summed E-state index contributed by atoms with van der Waals surface area (Å²) in [6.45, 7) is 2.30. The first-order valence-corrected chi connectivity index (χ1v) is 13.2. The number of rotatable bonds is 9. The second kappa shape index (κ2) is 11.4. The van der Waals surface area contributed by atoms with Crippen molar-refractivity contribution in [3.05, 3.63) is 53.6 Å². The van der Waals surface area contributed by atoms with Crippen LogP contribution in [0, 0.1) is 11.8 Å². The molecule has 0 spiro atoms. The lowest BCUT2D eigenvalue weighted by Gasteiger charge is -2.28. The summed E-state index contributed by atoms with van der Waals surface area (Å²) in [5, 5.41) is 22.2. The first-order chi connectivity index (χ1) is 18.8. The highest BCUT2D eigenvalue weighted by Crippen LogP contribution is 2.34. The maximum atomic E-state index is 14.7. The number of halogens is 2. The third-order valence-electron chi connectivity index (χ3n) is 6.35. The third-order valence-corrected chi connectivity index (χ3v) is 7.24. The lowest BCUT2D eigenvalue weighted by Crippen LogP contribution is -2.24. The predicted octanol–water partition coefficient (Wildman–Crippen LogP) is 4.40. The smallest absolute Gasteiger partial charge is 0.325 e. The van der Waals surface area contributed by atoms with Gasteiger partial charge in [-0.1, -0.05) is 0 Å². The molecule has 0 unspecified atom stereocenters. The van der Waals surface area contributed by atoms with Crippen molar-refractivity contribution in [3.8, 4) is 22.0 Å². The molecule has 0 saturated heterocycles. The Bertz CT molecular complexity index is 1490. The van der Waals surface area contributed by atoms with Gasteiger partial charge in [0.25, 0.3) is 5.91 Å². The summed E-state index contributed by atoms with van der Waals surface area (Å²) in [7, 11) is 0. The molecule has 2 N–H and O–H groups in total. The number of amides is 1. The monoisotopic (exact) mass is 557 g/mol. The number of carboxylic acid groups (broad SMARTS) is 1. The molecule has 1 amide bonds. The molecule has 1 saturated carbocycles. The molecular formula is C25H25F2N7O4S. The van der Waals surface area contributed by atoms with Gasteiger partial charge >= 0.3 is 5.97 Å². The highest BCUT2D eigenvalue weighted by molar-refractivity contribution is 7.13. The highest BCUT2D eigenvalue weighted by atomic mass is 32.1. The van der Waals surface area contributed by atoms with Crippen molar-refractivity contribution in [1.29, 1.82) is 0 Å². The van der Waals surface area contributed by atoms with Crippen LogP contribution in [0.4, 0.5) is 14.5 Å². The van der Waals surface area contributed by atoms with E-state index in [1.165, 1.54) is 28.4 Å². The Labute approximate surface area is 225 Å². The lowest BCUT2D eigenvalue weighted by atomic mass is 9.93. The Morgan fingerprint density at radius 3 is 2.69 bits per heavy atom. The van der Waals surface area contributed by atoms with Gasteiger partial charge in [-0.2, -0.15) is 14.6 Å². The second-order valence-corrected chi connectivity index (χ2v) is 9.89. The Kier molecular flexibility index (Phi) is 7.74. The van der Waals surface area contributed by atoms with E-state index in [0.717, 1.165) is 37.8 Å². The number of aliphatic carboxylic acids is 1. The molecule has 4 aromatic rings. The molecular weight excluding hydrogens is 532 g/mol. The van der Waals surface area contributed by atoms with Gasteiger partial charge in [-0.05, 0) is 44.7 Å². The molecule has 4 aromatic heterocycles. The van der Waals surface area contributed by atoms with Gasteiger partial charge in [0.1, 0.15) is 28.6 Å². The van der Waals surface area contributed by atoms with E-state index < -0.39 is 23.6 Å². The summed E-state index contributed by atoms with van der Waals surface area (Å²) in [6.07, 6.45) is 8.01. The standard InChI is InChI=1S/C25H25F2N7O4S/c1-2-38-16-5-3-15(4-6-16)34-11-18(23(32-34)22-17(26)7-8-20(27)31-22)29-24(37)19-13-39-25(30-19)14-9-28-33(10-14)12-21(35)36/h7-11,13,15-16H,2-6,12H2,1H3,(H,29,37)(H,35,36). The predicted molar refractivity (Wildman–Crippen MR) is 137 cm³/mol. The number of carboxylic acids is 1. The minimum absolute atomic E-state index is 0.00376. The number of hydrogen-bond acceptors (Lipinski definition) is 8.